The van der Waals surface area contributed by atoms with Crippen LogP contribution in [0.15, 0.2) is 6.07 Å². The first kappa shape index (κ1) is 14.0. The number of aromatic nitrogens is 2. The van der Waals surface area contributed by atoms with E-state index in [1.165, 1.54) is 0 Å². The summed E-state index contributed by atoms with van der Waals surface area (Å²) in [6, 6.07) is 1.76. The van der Waals surface area contributed by atoms with Gasteiger partial charge < -0.3 is 14.8 Å². The Morgan fingerprint density at radius 1 is 1.47 bits per heavy atom. The van der Waals surface area contributed by atoms with Crippen LogP contribution in [0.3, 0.4) is 0 Å². The maximum Gasteiger partial charge on any atom is 0.218 e. The third kappa shape index (κ3) is 5.19. The molecule has 0 amide bonds. The third-order valence-electron chi connectivity index (χ3n) is 1.96. The summed E-state index contributed by atoms with van der Waals surface area (Å²) in [5.41, 5.74) is 0. The zero-order valence-electron chi connectivity index (χ0n) is 10.4. The number of anilines is 1. The molecule has 0 aliphatic rings. The van der Waals surface area contributed by atoms with Gasteiger partial charge in [0.05, 0.1) is 18.6 Å². The fraction of sp³-hybridized carbons (Fsp3) is 0.636. The maximum atomic E-state index is 6.01. The van der Waals surface area contributed by atoms with E-state index in [2.05, 4.69) is 15.3 Å². The number of ether oxygens (including phenoxy) is 2. The smallest absolute Gasteiger partial charge is 0.218 e. The molecule has 1 aromatic heterocycles. The molecule has 0 spiro atoms. The van der Waals surface area contributed by atoms with E-state index < -0.39 is 0 Å². The molecule has 1 unspecified atom stereocenters. The quantitative estimate of drug-likeness (QED) is 0.758. The van der Waals surface area contributed by atoms with Crippen molar-refractivity contribution in [3.8, 4) is 5.88 Å². The Bertz CT molecular complexity index is 349. The molecule has 1 aromatic rings. The van der Waals surface area contributed by atoms with Crippen LogP contribution in [-0.2, 0) is 4.74 Å². The molecule has 0 aliphatic carbocycles. The number of rotatable bonds is 7. The van der Waals surface area contributed by atoms with E-state index in [0.29, 0.717) is 37.3 Å². The number of hydrogen-bond donors (Lipinski definition) is 1. The topological polar surface area (TPSA) is 56.3 Å². The van der Waals surface area contributed by atoms with E-state index in [0.717, 1.165) is 0 Å². The van der Waals surface area contributed by atoms with Crippen molar-refractivity contribution in [2.24, 2.45) is 0 Å². The Hall–Kier alpha value is -1.07. The molecule has 1 rings (SSSR count). The molecule has 0 bridgehead atoms. The van der Waals surface area contributed by atoms with Gasteiger partial charge in [-0.1, -0.05) is 0 Å². The number of alkyl halides is 1. The van der Waals surface area contributed by atoms with Crippen LogP contribution in [0.2, 0.25) is 0 Å². The number of nitrogens with zero attached hydrogens (tertiary/aromatic N) is 2. The fourth-order valence-electron chi connectivity index (χ4n) is 1.31. The van der Waals surface area contributed by atoms with Crippen molar-refractivity contribution in [1.29, 1.82) is 0 Å². The van der Waals surface area contributed by atoms with Gasteiger partial charge in [0, 0.05) is 19.7 Å². The van der Waals surface area contributed by atoms with Gasteiger partial charge in [0.1, 0.15) is 11.6 Å². The van der Waals surface area contributed by atoms with Crippen LogP contribution < -0.4 is 10.1 Å². The summed E-state index contributed by atoms with van der Waals surface area (Å²) >= 11 is 6.01. The summed E-state index contributed by atoms with van der Waals surface area (Å²) in [7, 11) is 1.62. The molecule has 17 heavy (non-hydrogen) atoms. The standard InChI is InChI=1S/C11H18ClN3O2/c1-4-17-11-5-10(14-8(2)15-11)13-6-9(12)7-16-3/h5,9H,4,6-7H2,1-3H3,(H,13,14,15). The van der Waals surface area contributed by atoms with Crippen LogP contribution in [0.25, 0.3) is 0 Å². The van der Waals surface area contributed by atoms with Crippen LogP contribution in [0.1, 0.15) is 12.7 Å². The number of halogens is 1. The Labute approximate surface area is 107 Å². The lowest BCUT2D eigenvalue weighted by Gasteiger charge is -2.11. The van der Waals surface area contributed by atoms with Gasteiger partial charge in [-0.2, -0.15) is 4.98 Å². The van der Waals surface area contributed by atoms with Crippen molar-refractivity contribution in [2.75, 3.05) is 32.2 Å². The second-order valence-electron chi connectivity index (χ2n) is 3.51. The van der Waals surface area contributed by atoms with Crippen molar-refractivity contribution in [3.63, 3.8) is 0 Å². The SMILES string of the molecule is CCOc1cc(NCC(Cl)COC)nc(C)n1. The Balaban J connectivity index is 2.57. The van der Waals surface area contributed by atoms with Crippen LogP contribution >= 0.6 is 11.6 Å². The minimum atomic E-state index is -0.0918. The van der Waals surface area contributed by atoms with Gasteiger partial charge in [0.15, 0.2) is 0 Å². The highest BCUT2D eigenvalue weighted by atomic mass is 35.5. The van der Waals surface area contributed by atoms with E-state index in [1.54, 1.807) is 13.2 Å². The van der Waals surface area contributed by atoms with Crippen molar-refractivity contribution < 1.29 is 9.47 Å². The van der Waals surface area contributed by atoms with E-state index in [4.69, 9.17) is 21.1 Å². The van der Waals surface area contributed by atoms with Crippen LogP contribution in [-0.4, -0.2) is 42.2 Å². The normalized spacial score (nSPS) is 12.2. The molecule has 0 aromatic carbocycles. The fourth-order valence-corrected chi connectivity index (χ4v) is 1.51. The molecule has 1 N–H and O–H groups in total. The lowest BCUT2D eigenvalue weighted by molar-refractivity contribution is 0.200. The first-order valence-corrected chi connectivity index (χ1v) is 5.94. The van der Waals surface area contributed by atoms with Gasteiger partial charge >= 0.3 is 0 Å². The predicted molar refractivity (Wildman–Crippen MR) is 67.9 cm³/mol. The molecular weight excluding hydrogens is 242 g/mol. The first-order valence-electron chi connectivity index (χ1n) is 5.51. The number of methoxy groups -OCH3 is 1. The predicted octanol–water partition coefficient (Wildman–Crippen LogP) is 1.85. The lowest BCUT2D eigenvalue weighted by Crippen LogP contribution is -2.19. The van der Waals surface area contributed by atoms with Crippen molar-refractivity contribution in [2.45, 2.75) is 19.2 Å². The molecule has 0 radical (unpaired) electrons. The summed E-state index contributed by atoms with van der Waals surface area (Å²) in [4.78, 5) is 8.40. The molecule has 0 saturated carbocycles. The summed E-state index contributed by atoms with van der Waals surface area (Å²) in [6.07, 6.45) is 0. The average molecular weight is 260 g/mol. The summed E-state index contributed by atoms with van der Waals surface area (Å²) in [5, 5.41) is 3.03. The average Bonchev–Trinajstić information content (AvgIpc) is 2.26. The minimum absolute atomic E-state index is 0.0918. The lowest BCUT2D eigenvalue weighted by atomic mass is 10.4. The van der Waals surface area contributed by atoms with E-state index in [9.17, 15) is 0 Å². The van der Waals surface area contributed by atoms with Crippen molar-refractivity contribution in [1.82, 2.24) is 9.97 Å². The van der Waals surface area contributed by atoms with Crippen molar-refractivity contribution >= 4 is 17.4 Å². The molecule has 0 aliphatic heterocycles. The maximum absolute atomic E-state index is 6.01. The number of hydrogen-bond acceptors (Lipinski definition) is 5. The Kier molecular flexibility index (Phi) is 6.00. The van der Waals surface area contributed by atoms with Gasteiger partial charge in [0.2, 0.25) is 5.88 Å². The second-order valence-corrected chi connectivity index (χ2v) is 4.12. The van der Waals surface area contributed by atoms with Crippen molar-refractivity contribution in [3.05, 3.63) is 11.9 Å². The Morgan fingerprint density at radius 3 is 2.88 bits per heavy atom. The van der Waals surface area contributed by atoms with Gasteiger partial charge in [-0.05, 0) is 13.8 Å². The number of aryl methyl sites for hydroxylation is 1. The van der Waals surface area contributed by atoms with E-state index in [-0.39, 0.29) is 5.38 Å². The largest absolute Gasteiger partial charge is 0.478 e. The summed E-state index contributed by atoms with van der Waals surface area (Å²) in [6.45, 7) is 5.39. The third-order valence-corrected chi connectivity index (χ3v) is 2.24. The first-order chi connectivity index (χ1) is 8.15. The van der Waals surface area contributed by atoms with E-state index >= 15 is 0 Å². The van der Waals surface area contributed by atoms with Gasteiger partial charge in [-0.15, -0.1) is 11.6 Å². The molecule has 96 valence electrons. The molecule has 1 heterocycles. The molecule has 1 atom stereocenters. The Morgan fingerprint density at radius 2 is 2.24 bits per heavy atom. The minimum Gasteiger partial charge on any atom is -0.478 e. The zero-order chi connectivity index (χ0) is 12.7. The number of nitrogens with one attached hydrogen (secondary N) is 1. The van der Waals surface area contributed by atoms with Crippen LogP contribution in [0.5, 0.6) is 5.88 Å². The summed E-state index contributed by atoms with van der Waals surface area (Å²) < 4.78 is 10.3. The highest BCUT2D eigenvalue weighted by Gasteiger charge is 2.06. The molecule has 5 nitrogen and oxygen atoms in total. The van der Waals surface area contributed by atoms with Gasteiger partial charge in [-0.25, -0.2) is 4.98 Å². The highest BCUT2D eigenvalue weighted by molar-refractivity contribution is 6.21. The second kappa shape index (κ2) is 7.29. The van der Waals surface area contributed by atoms with E-state index in [1.807, 2.05) is 13.8 Å². The monoisotopic (exact) mass is 259 g/mol. The summed E-state index contributed by atoms with van der Waals surface area (Å²) in [5.74, 6) is 1.94. The highest BCUT2D eigenvalue weighted by Crippen LogP contribution is 2.13. The molecule has 0 fully saturated rings. The van der Waals surface area contributed by atoms with Gasteiger partial charge in [0.25, 0.3) is 0 Å². The van der Waals surface area contributed by atoms with Crippen LogP contribution in [0, 0.1) is 6.92 Å². The molecule has 0 saturated heterocycles. The van der Waals surface area contributed by atoms with Crippen LogP contribution in [0.4, 0.5) is 5.82 Å². The van der Waals surface area contributed by atoms with Gasteiger partial charge in [-0.3, -0.25) is 0 Å². The zero-order valence-corrected chi connectivity index (χ0v) is 11.1. The molecular formula is C11H18ClN3O2. The molecule has 6 heteroatoms.